The third kappa shape index (κ3) is 5.06. The van der Waals surface area contributed by atoms with Crippen molar-refractivity contribution in [1.29, 1.82) is 0 Å². The lowest BCUT2D eigenvalue weighted by Crippen LogP contribution is -2.40. The molecule has 23 heavy (non-hydrogen) atoms. The second-order valence-electron chi connectivity index (χ2n) is 5.99. The van der Waals surface area contributed by atoms with Gasteiger partial charge in [-0.15, -0.1) is 11.3 Å². The van der Waals surface area contributed by atoms with Crippen LogP contribution in [-0.4, -0.2) is 40.4 Å². The molecule has 1 aromatic heterocycles. The largest absolute Gasteiger partial charge is 0.481 e. The van der Waals surface area contributed by atoms with Gasteiger partial charge < -0.3 is 15.3 Å². The van der Waals surface area contributed by atoms with Crippen LogP contribution in [0.3, 0.4) is 0 Å². The Kier molecular flexibility index (Phi) is 5.76. The molecule has 0 saturated heterocycles. The van der Waals surface area contributed by atoms with Crippen LogP contribution in [0.1, 0.15) is 44.0 Å². The predicted octanol–water partition coefficient (Wildman–Crippen LogP) is 2.03. The van der Waals surface area contributed by atoms with Crippen LogP contribution in [0.15, 0.2) is 17.5 Å². The Morgan fingerprint density at radius 2 is 2.13 bits per heavy atom. The standard InChI is InChI=1S/C16H22N2O4S/c1-10(16(21)22)9-18(12-5-6-12)15(20)8-13(17-11(2)19)14-4-3-7-23-14/h3-4,7,10,12-13H,5-6,8-9H2,1-2H3,(H,17,19)(H,21,22). The number of carbonyl (C=O) groups is 3. The zero-order valence-corrected chi connectivity index (χ0v) is 14.1. The van der Waals surface area contributed by atoms with Crippen molar-refractivity contribution in [3.05, 3.63) is 22.4 Å². The first-order chi connectivity index (χ1) is 10.9. The fourth-order valence-corrected chi connectivity index (χ4v) is 3.24. The van der Waals surface area contributed by atoms with E-state index in [1.165, 1.54) is 18.3 Å². The monoisotopic (exact) mass is 338 g/mol. The molecule has 6 nitrogen and oxygen atoms in total. The number of carboxylic acid groups (broad SMARTS) is 1. The zero-order chi connectivity index (χ0) is 17.0. The van der Waals surface area contributed by atoms with Crippen LogP contribution in [0.2, 0.25) is 0 Å². The Bertz CT molecular complexity index is 569. The van der Waals surface area contributed by atoms with E-state index in [4.69, 9.17) is 5.11 Å². The van der Waals surface area contributed by atoms with Gasteiger partial charge in [-0.05, 0) is 24.3 Å². The van der Waals surface area contributed by atoms with Gasteiger partial charge in [0.25, 0.3) is 0 Å². The molecule has 2 rings (SSSR count). The Morgan fingerprint density at radius 3 is 2.61 bits per heavy atom. The van der Waals surface area contributed by atoms with E-state index in [0.29, 0.717) is 0 Å². The Balaban J connectivity index is 2.06. The molecule has 0 aliphatic heterocycles. The van der Waals surface area contributed by atoms with Crippen molar-refractivity contribution in [2.24, 2.45) is 5.92 Å². The minimum atomic E-state index is -0.903. The molecule has 1 aromatic rings. The summed E-state index contributed by atoms with van der Waals surface area (Å²) in [6.45, 7) is 3.25. The molecule has 0 bridgehead atoms. The number of hydrogen-bond acceptors (Lipinski definition) is 4. The van der Waals surface area contributed by atoms with E-state index >= 15 is 0 Å². The highest BCUT2D eigenvalue weighted by atomic mass is 32.1. The Labute approximate surface area is 139 Å². The summed E-state index contributed by atoms with van der Waals surface area (Å²) in [6, 6.07) is 3.55. The van der Waals surface area contributed by atoms with E-state index in [1.54, 1.807) is 11.8 Å². The minimum Gasteiger partial charge on any atom is -0.481 e. The Hall–Kier alpha value is -1.89. The lowest BCUT2D eigenvalue weighted by atomic mass is 10.1. The summed E-state index contributed by atoms with van der Waals surface area (Å²) < 4.78 is 0. The van der Waals surface area contributed by atoms with Crippen molar-refractivity contribution in [2.45, 2.75) is 45.2 Å². The van der Waals surface area contributed by atoms with E-state index in [2.05, 4.69) is 5.32 Å². The molecule has 0 spiro atoms. The summed E-state index contributed by atoms with van der Waals surface area (Å²) in [5.41, 5.74) is 0. The minimum absolute atomic E-state index is 0.104. The molecule has 7 heteroatoms. The number of carbonyl (C=O) groups excluding carboxylic acids is 2. The number of rotatable bonds is 8. The van der Waals surface area contributed by atoms with E-state index in [9.17, 15) is 14.4 Å². The maximum absolute atomic E-state index is 12.7. The van der Waals surface area contributed by atoms with Crippen molar-refractivity contribution in [3.63, 3.8) is 0 Å². The molecule has 1 aliphatic carbocycles. The fourth-order valence-electron chi connectivity index (χ4n) is 2.46. The van der Waals surface area contributed by atoms with Crippen LogP contribution >= 0.6 is 11.3 Å². The van der Waals surface area contributed by atoms with Crippen molar-refractivity contribution in [1.82, 2.24) is 10.2 Å². The average molecular weight is 338 g/mol. The molecule has 1 saturated carbocycles. The SMILES string of the molecule is CC(=O)NC(CC(=O)N(CC(C)C(=O)O)C1CC1)c1cccs1. The molecule has 2 unspecified atom stereocenters. The molecule has 1 aliphatic rings. The second-order valence-corrected chi connectivity index (χ2v) is 6.97. The highest BCUT2D eigenvalue weighted by molar-refractivity contribution is 7.10. The topological polar surface area (TPSA) is 86.7 Å². The summed E-state index contributed by atoms with van der Waals surface area (Å²) in [4.78, 5) is 37.7. The molecule has 126 valence electrons. The lowest BCUT2D eigenvalue weighted by molar-refractivity contribution is -0.143. The van der Waals surface area contributed by atoms with Gasteiger partial charge in [-0.1, -0.05) is 13.0 Å². The summed E-state index contributed by atoms with van der Waals surface area (Å²) >= 11 is 1.49. The second kappa shape index (κ2) is 7.59. The predicted molar refractivity (Wildman–Crippen MR) is 87.0 cm³/mol. The molecule has 2 amide bonds. The highest BCUT2D eigenvalue weighted by Gasteiger charge is 2.35. The summed E-state index contributed by atoms with van der Waals surface area (Å²) in [6.07, 6.45) is 1.99. The number of thiophene rings is 1. The van der Waals surface area contributed by atoms with E-state index < -0.39 is 11.9 Å². The number of nitrogens with one attached hydrogen (secondary N) is 1. The number of aliphatic carboxylic acids is 1. The Morgan fingerprint density at radius 1 is 1.43 bits per heavy atom. The van der Waals surface area contributed by atoms with Gasteiger partial charge in [0.2, 0.25) is 11.8 Å². The van der Waals surface area contributed by atoms with Gasteiger partial charge >= 0.3 is 5.97 Å². The number of nitrogens with zero attached hydrogens (tertiary/aromatic N) is 1. The summed E-state index contributed by atoms with van der Waals surface area (Å²) in [5, 5.41) is 13.8. The van der Waals surface area contributed by atoms with Gasteiger partial charge in [0.15, 0.2) is 0 Å². The van der Waals surface area contributed by atoms with Crippen molar-refractivity contribution in [3.8, 4) is 0 Å². The number of carboxylic acids is 1. The number of hydrogen-bond donors (Lipinski definition) is 2. The maximum Gasteiger partial charge on any atom is 0.308 e. The molecule has 0 aromatic carbocycles. The zero-order valence-electron chi connectivity index (χ0n) is 13.3. The van der Waals surface area contributed by atoms with Gasteiger partial charge in [0.1, 0.15) is 0 Å². The van der Waals surface area contributed by atoms with Crippen LogP contribution in [0, 0.1) is 5.92 Å². The molecular formula is C16H22N2O4S. The van der Waals surface area contributed by atoms with Crippen molar-refractivity contribution < 1.29 is 19.5 Å². The smallest absolute Gasteiger partial charge is 0.308 e. The van der Waals surface area contributed by atoms with Gasteiger partial charge in [0.05, 0.1) is 18.4 Å². The van der Waals surface area contributed by atoms with Crippen LogP contribution < -0.4 is 5.32 Å². The van der Waals surface area contributed by atoms with Gasteiger partial charge in [0, 0.05) is 24.4 Å². The molecular weight excluding hydrogens is 316 g/mol. The molecule has 1 fully saturated rings. The highest BCUT2D eigenvalue weighted by Crippen LogP contribution is 2.30. The first-order valence-corrected chi connectivity index (χ1v) is 8.59. The van der Waals surface area contributed by atoms with Crippen LogP contribution in [0.5, 0.6) is 0 Å². The summed E-state index contributed by atoms with van der Waals surface area (Å²) in [7, 11) is 0. The molecule has 1 heterocycles. The van der Waals surface area contributed by atoms with Gasteiger partial charge in [-0.2, -0.15) is 0 Å². The lowest BCUT2D eigenvalue weighted by Gasteiger charge is -2.26. The maximum atomic E-state index is 12.7. The first-order valence-electron chi connectivity index (χ1n) is 7.71. The van der Waals surface area contributed by atoms with Crippen LogP contribution in [-0.2, 0) is 14.4 Å². The molecule has 0 radical (unpaired) electrons. The first kappa shape index (κ1) is 17.5. The third-order valence-electron chi connectivity index (χ3n) is 3.84. The van der Waals surface area contributed by atoms with Crippen LogP contribution in [0.4, 0.5) is 0 Å². The van der Waals surface area contributed by atoms with Crippen molar-refractivity contribution in [2.75, 3.05) is 6.54 Å². The van der Waals surface area contributed by atoms with E-state index in [-0.39, 0.29) is 36.9 Å². The van der Waals surface area contributed by atoms with Crippen LogP contribution in [0.25, 0.3) is 0 Å². The summed E-state index contributed by atoms with van der Waals surface area (Å²) in [5.74, 6) is -1.79. The fraction of sp³-hybridized carbons (Fsp3) is 0.562. The molecule has 2 atom stereocenters. The quantitative estimate of drug-likeness (QED) is 0.759. The van der Waals surface area contributed by atoms with E-state index in [0.717, 1.165) is 17.7 Å². The average Bonchev–Trinajstić information content (AvgIpc) is 3.16. The van der Waals surface area contributed by atoms with Gasteiger partial charge in [-0.25, -0.2) is 0 Å². The van der Waals surface area contributed by atoms with Crippen molar-refractivity contribution >= 4 is 29.1 Å². The number of amides is 2. The third-order valence-corrected chi connectivity index (χ3v) is 4.83. The molecule has 2 N–H and O–H groups in total. The van der Waals surface area contributed by atoms with Gasteiger partial charge in [-0.3, -0.25) is 14.4 Å². The normalized spacial score (nSPS) is 16.4. The van der Waals surface area contributed by atoms with E-state index in [1.807, 2.05) is 17.5 Å².